The number of amidine groups is 1. The minimum absolute atomic E-state index is 0.0157. The standard InChI is InChI=1S/C18H20ClN7O7S2/c1-8-13(17(28)26(8)35(29,30)31)24-16(27)14(11-7-34-18(22)23-11)25-33-5-4-32-12-3-2-9(15(20)21)6-10(12)19/h2-3,6-8,13H,4-5H2,1H3,(H3,20,21)(H2,22,23)(H,24,27)(H,29,30,31)/b25-14-/t8-,13-/m0/s1. The molecule has 2 aromatic rings. The molecular weight excluding hydrogens is 526 g/mol. The molecular formula is C18H20ClN7O7S2. The number of carbonyl (C=O) groups excluding carboxylic acids is 2. The van der Waals surface area contributed by atoms with Crippen LogP contribution >= 0.6 is 22.9 Å². The van der Waals surface area contributed by atoms with Crippen molar-refractivity contribution in [2.24, 2.45) is 10.9 Å². The molecule has 14 nitrogen and oxygen atoms in total. The van der Waals surface area contributed by atoms with E-state index in [2.05, 4.69) is 15.5 Å². The summed E-state index contributed by atoms with van der Waals surface area (Å²) in [5.74, 6) is -1.71. The highest BCUT2D eigenvalue weighted by Crippen LogP contribution is 2.25. The van der Waals surface area contributed by atoms with E-state index in [1.165, 1.54) is 24.4 Å². The number of nitrogens with two attached hydrogens (primary N) is 2. The van der Waals surface area contributed by atoms with Crippen LogP contribution < -0.4 is 21.5 Å². The van der Waals surface area contributed by atoms with E-state index < -0.39 is 34.2 Å². The van der Waals surface area contributed by atoms with Crippen LogP contribution in [0.2, 0.25) is 5.02 Å². The van der Waals surface area contributed by atoms with Gasteiger partial charge in [0.1, 0.15) is 29.9 Å². The van der Waals surface area contributed by atoms with Gasteiger partial charge in [0.05, 0.1) is 11.1 Å². The molecule has 0 unspecified atom stereocenters. The van der Waals surface area contributed by atoms with Gasteiger partial charge in [-0.05, 0) is 25.1 Å². The highest BCUT2D eigenvalue weighted by atomic mass is 35.5. The van der Waals surface area contributed by atoms with Crippen LogP contribution in [0.1, 0.15) is 18.2 Å². The van der Waals surface area contributed by atoms with Gasteiger partial charge in [0.2, 0.25) is 0 Å². The van der Waals surface area contributed by atoms with Gasteiger partial charge in [0.15, 0.2) is 17.5 Å². The van der Waals surface area contributed by atoms with Gasteiger partial charge < -0.3 is 26.4 Å². The van der Waals surface area contributed by atoms with Gasteiger partial charge in [0.25, 0.3) is 11.8 Å². The largest absolute Gasteiger partial charge is 0.488 e. The number of anilines is 1. The SMILES string of the molecule is C[C@H]1[C@H](NC(=O)/C(=N\OCCOc2ccc(C(=N)N)cc2Cl)c2csc(N)n2)C(=O)N1S(=O)(=O)O. The maximum absolute atomic E-state index is 12.8. The average molecular weight is 546 g/mol. The summed E-state index contributed by atoms with van der Waals surface area (Å²) < 4.78 is 37.3. The maximum Gasteiger partial charge on any atom is 0.362 e. The second-order valence-electron chi connectivity index (χ2n) is 7.06. The Morgan fingerprint density at radius 1 is 1.43 bits per heavy atom. The Morgan fingerprint density at radius 2 is 2.14 bits per heavy atom. The van der Waals surface area contributed by atoms with Gasteiger partial charge in [-0.2, -0.15) is 8.42 Å². The van der Waals surface area contributed by atoms with E-state index in [0.29, 0.717) is 11.3 Å². The van der Waals surface area contributed by atoms with Crippen molar-refractivity contribution in [1.29, 1.82) is 5.41 Å². The van der Waals surface area contributed by atoms with E-state index in [-0.39, 0.29) is 44.9 Å². The zero-order valence-corrected chi connectivity index (χ0v) is 20.4. The van der Waals surface area contributed by atoms with Crippen molar-refractivity contribution in [2.45, 2.75) is 19.0 Å². The third-order valence-corrected chi connectivity index (χ3v) is 6.66. The molecule has 0 radical (unpaired) electrons. The number of nitrogens with one attached hydrogen (secondary N) is 2. The molecule has 35 heavy (non-hydrogen) atoms. The summed E-state index contributed by atoms with van der Waals surface area (Å²) in [6.07, 6.45) is 0. The summed E-state index contributed by atoms with van der Waals surface area (Å²) in [5, 5.41) is 15.3. The van der Waals surface area contributed by atoms with Crippen LogP contribution in [-0.4, -0.2) is 70.9 Å². The van der Waals surface area contributed by atoms with Gasteiger partial charge in [-0.25, -0.2) is 9.29 Å². The fraction of sp³-hybridized carbons (Fsp3) is 0.278. The van der Waals surface area contributed by atoms with Crippen molar-refractivity contribution in [3.63, 3.8) is 0 Å². The molecule has 0 spiro atoms. The van der Waals surface area contributed by atoms with Crippen LogP contribution in [0, 0.1) is 5.41 Å². The van der Waals surface area contributed by atoms with Crippen molar-refractivity contribution < 1.29 is 32.1 Å². The molecule has 1 fully saturated rings. The molecule has 3 rings (SSSR count). The molecule has 7 N–H and O–H groups in total. The van der Waals surface area contributed by atoms with Crippen LogP contribution in [-0.2, 0) is 24.7 Å². The normalized spacial score (nSPS) is 18.1. The van der Waals surface area contributed by atoms with E-state index in [1.807, 2.05) is 0 Å². The molecule has 1 aliphatic rings. The lowest BCUT2D eigenvalue weighted by Gasteiger charge is -2.42. The molecule has 1 aromatic carbocycles. The number of rotatable bonds is 10. The first-order valence-electron chi connectivity index (χ1n) is 9.69. The highest BCUT2D eigenvalue weighted by molar-refractivity contribution is 7.84. The highest BCUT2D eigenvalue weighted by Gasteiger charge is 2.51. The fourth-order valence-electron chi connectivity index (χ4n) is 3.00. The number of oxime groups is 1. The van der Waals surface area contributed by atoms with Gasteiger partial charge in [-0.1, -0.05) is 16.8 Å². The van der Waals surface area contributed by atoms with Gasteiger partial charge in [-0.3, -0.25) is 19.6 Å². The van der Waals surface area contributed by atoms with Crippen molar-refractivity contribution >= 4 is 61.7 Å². The molecule has 1 aromatic heterocycles. The molecule has 2 amide bonds. The number of nitrogens with zero attached hydrogens (tertiary/aromatic N) is 3. The molecule has 188 valence electrons. The Balaban J connectivity index is 1.64. The maximum atomic E-state index is 12.8. The Kier molecular flexibility index (Phi) is 7.79. The van der Waals surface area contributed by atoms with Crippen LogP contribution in [0.5, 0.6) is 5.75 Å². The van der Waals surface area contributed by atoms with Gasteiger partial charge in [-0.15, -0.1) is 11.3 Å². The number of β-lactam (4-membered cyclic amide) rings is 1. The number of amides is 2. The third kappa shape index (κ3) is 5.97. The Bertz CT molecular complexity index is 1300. The summed E-state index contributed by atoms with van der Waals surface area (Å²) in [6.45, 7) is 1.20. The Morgan fingerprint density at radius 3 is 2.69 bits per heavy atom. The molecule has 2 atom stereocenters. The van der Waals surface area contributed by atoms with Crippen molar-refractivity contribution in [2.75, 3.05) is 18.9 Å². The van der Waals surface area contributed by atoms with Crippen molar-refractivity contribution in [1.82, 2.24) is 14.6 Å². The van der Waals surface area contributed by atoms with E-state index in [1.54, 1.807) is 6.07 Å². The second-order valence-corrected chi connectivity index (χ2v) is 9.64. The van der Waals surface area contributed by atoms with Crippen LogP contribution in [0.3, 0.4) is 0 Å². The first-order valence-corrected chi connectivity index (χ1v) is 12.3. The number of hydrogen-bond acceptors (Lipinski definition) is 11. The molecule has 17 heteroatoms. The minimum Gasteiger partial charge on any atom is -0.488 e. The number of hydrogen-bond donors (Lipinski definition) is 5. The summed E-state index contributed by atoms with van der Waals surface area (Å²) in [5.41, 5.74) is 11.2. The van der Waals surface area contributed by atoms with Crippen LogP contribution in [0.15, 0.2) is 28.7 Å². The Hall–Kier alpha value is -3.47. The molecule has 1 aliphatic heterocycles. The number of halogens is 1. The first-order chi connectivity index (χ1) is 16.4. The predicted octanol–water partition coefficient (Wildman–Crippen LogP) is -0.0192. The summed E-state index contributed by atoms with van der Waals surface area (Å²) >= 11 is 7.13. The van der Waals surface area contributed by atoms with E-state index >= 15 is 0 Å². The van der Waals surface area contributed by atoms with Gasteiger partial charge >= 0.3 is 10.3 Å². The molecule has 0 saturated carbocycles. The lowest BCUT2D eigenvalue weighted by molar-refractivity contribution is -0.143. The van der Waals surface area contributed by atoms with Crippen LogP contribution in [0.25, 0.3) is 0 Å². The van der Waals surface area contributed by atoms with E-state index in [4.69, 9.17) is 42.6 Å². The van der Waals surface area contributed by atoms with E-state index in [9.17, 15) is 18.0 Å². The number of thiazole rings is 1. The average Bonchev–Trinajstić information content (AvgIpc) is 3.20. The topological polar surface area (TPSA) is 223 Å². The number of nitrogen functional groups attached to an aromatic ring is 2. The lowest BCUT2D eigenvalue weighted by Crippen LogP contribution is -2.71. The molecule has 2 heterocycles. The number of ether oxygens (including phenoxy) is 1. The number of carbonyl (C=O) groups is 2. The summed E-state index contributed by atoms with van der Waals surface area (Å²) in [4.78, 5) is 34.0. The van der Waals surface area contributed by atoms with Crippen molar-refractivity contribution in [3.8, 4) is 5.75 Å². The first kappa shape index (κ1) is 26.1. The van der Waals surface area contributed by atoms with E-state index in [0.717, 1.165) is 11.3 Å². The molecule has 0 bridgehead atoms. The zero-order valence-electron chi connectivity index (χ0n) is 18.0. The number of aromatic nitrogens is 1. The smallest absolute Gasteiger partial charge is 0.362 e. The monoisotopic (exact) mass is 545 g/mol. The third-order valence-electron chi connectivity index (χ3n) is 4.68. The van der Waals surface area contributed by atoms with Crippen molar-refractivity contribution in [3.05, 3.63) is 39.9 Å². The van der Waals surface area contributed by atoms with Crippen LogP contribution in [0.4, 0.5) is 5.13 Å². The quantitative estimate of drug-likeness (QED) is 0.0669. The fourth-order valence-corrected chi connectivity index (χ4v) is 4.66. The zero-order chi connectivity index (χ0) is 25.9. The lowest BCUT2D eigenvalue weighted by atomic mass is 10.0. The second kappa shape index (κ2) is 10.4. The van der Waals surface area contributed by atoms with Gasteiger partial charge in [0, 0.05) is 10.9 Å². The molecule has 0 aliphatic carbocycles. The summed E-state index contributed by atoms with van der Waals surface area (Å²) in [6, 6.07) is 2.33. The summed E-state index contributed by atoms with van der Waals surface area (Å²) in [7, 11) is -4.75. The molecule has 1 saturated heterocycles. The minimum atomic E-state index is -4.75. The number of benzene rings is 1. The predicted molar refractivity (Wildman–Crippen MR) is 127 cm³/mol. The Labute approximate surface area is 208 Å².